The summed E-state index contributed by atoms with van der Waals surface area (Å²) in [5.41, 5.74) is 0. The number of hydrogen-bond donors (Lipinski definition) is 3. The number of sulfonamides is 4. The molecule has 0 aromatic rings. The zero-order valence-electron chi connectivity index (χ0n) is 65.3. The van der Waals surface area contributed by atoms with E-state index in [4.69, 9.17) is 5.11 Å². The van der Waals surface area contributed by atoms with Gasteiger partial charge in [-0.25, -0.2) is 33.7 Å². The molecular formula is C78H172Br2KN5O11S4. The van der Waals surface area contributed by atoms with Gasteiger partial charge < -0.3 is 54.4 Å². The molecule has 0 aromatic heterocycles. The molecule has 0 atom stereocenters. The minimum atomic E-state index is -3.74. The minimum absolute atomic E-state index is 0. The summed E-state index contributed by atoms with van der Waals surface area (Å²) in [5, 5.41) is 28.2. The minimum Gasteiger partial charge on any atom is -1.00 e. The summed E-state index contributed by atoms with van der Waals surface area (Å²) >= 11 is 3.15. The number of rotatable bonds is 59. The summed E-state index contributed by atoms with van der Waals surface area (Å²) in [5.74, 6) is 0. The van der Waals surface area contributed by atoms with Crippen LogP contribution in [0, 0.1) is 0 Å². The van der Waals surface area contributed by atoms with Crippen LogP contribution in [-0.4, -0.2) is 172 Å². The van der Waals surface area contributed by atoms with Crippen molar-refractivity contribution in [1.82, 2.24) is 4.90 Å². The van der Waals surface area contributed by atoms with Crippen molar-refractivity contribution in [3.05, 3.63) is 8.25 Å². The first-order valence-corrected chi connectivity index (χ1v) is 48.5. The van der Waals surface area contributed by atoms with Crippen molar-refractivity contribution >= 4 is 56.0 Å². The van der Waals surface area contributed by atoms with Crippen LogP contribution in [0.4, 0.5) is 0 Å². The first-order valence-electron chi connectivity index (χ1n) is 40.0. The molecule has 3 aliphatic rings. The number of halogens is 2. The Morgan fingerprint density at radius 3 is 0.653 bits per heavy atom. The molecule has 23 heteroatoms. The molecule has 0 bridgehead atoms. The molecule has 0 spiro atoms. The predicted octanol–water partition coefficient (Wildman–Crippen LogP) is 16.2. The van der Waals surface area contributed by atoms with E-state index in [-0.39, 0.29) is 90.6 Å². The molecule has 0 aromatic carbocycles. The molecule has 0 saturated carbocycles. The third-order valence-corrected chi connectivity index (χ3v) is 23.9. The van der Waals surface area contributed by atoms with Crippen molar-refractivity contribution < 1.29 is 126 Å². The standard InChI is InChI=1S/2C23H48NO.C22H45N.C3H7BrO.2C2H6NO4S2.3CH4.BrH.K/c2*1-2-3-4-5-6-7-8-9-10-11-12-13-14-15-16-17-20-24(23-25)21-18-19-22-24;1-2-3-4-5-6-7-8-9-10-11-12-13-14-15-16-17-20-23-21-18-19-22-23;4-2-1-3-5;2*1-8(4,5)3-9(2,6)7;;;;;/h2*25H,2-23H2,1H3;2-22H2,1H3;5H,1-3H2;2*1-2H3;3*1H4;1H;/q2*+1;;;2*-1;;;;;+1/p-1. The van der Waals surface area contributed by atoms with Gasteiger partial charge in [0.1, 0.15) is 0 Å². The SMILES string of the molecule is C.C.C.CCCCCCCCCCCCCCCCCCN1CCCC1.CCCCCCCCCCCCCCCCCC[N+]1(CO)CCCC1.CCCCCCCCCCCCCCCCCC[N+]1(CO)CCCC1.CS(=O)(=O)[N-]S(C)(=O)=O.CS(=O)(=O)[N-]S(C)(=O)=O.OCCCBr.[Br-].[K+]. The fraction of sp³-hybridized carbons (Fsp3) is 1.00. The Kier molecular flexibility index (Phi) is 99.4. The van der Waals surface area contributed by atoms with Crippen LogP contribution in [0.25, 0.3) is 8.25 Å². The number of aliphatic hydroxyl groups is 3. The molecule has 3 N–H and O–H groups in total. The molecule has 0 radical (unpaired) electrons. The average Bonchev–Trinajstić information content (AvgIpc) is 1.75. The number of aliphatic hydroxyl groups excluding tert-OH is 3. The second kappa shape index (κ2) is 84.5. The van der Waals surface area contributed by atoms with Crippen LogP contribution in [-0.2, 0) is 40.1 Å². The zero-order valence-corrected chi connectivity index (χ0v) is 74.9. The molecule has 0 aliphatic carbocycles. The van der Waals surface area contributed by atoms with Crippen LogP contribution in [0.3, 0.4) is 0 Å². The van der Waals surface area contributed by atoms with Crippen molar-refractivity contribution in [3.63, 3.8) is 0 Å². The summed E-state index contributed by atoms with van der Waals surface area (Å²) in [6.45, 7) is 19.4. The molecular weight excluding hydrogens is 1510 g/mol. The molecule has 3 fully saturated rings. The first kappa shape index (κ1) is 119. The van der Waals surface area contributed by atoms with E-state index < -0.39 is 40.1 Å². The van der Waals surface area contributed by atoms with Gasteiger partial charge in [0.05, 0.1) is 79.4 Å². The van der Waals surface area contributed by atoms with Crippen molar-refractivity contribution in [2.75, 3.05) is 109 Å². The maximum Gasteiger partial charge on any atom is 1.00 e. The van der Waals surface area contributed by atoms with E-state index in [1.54, 1.807) is 0 Å². The van der Waals surface area contributed by atoms with Crippen LogP contribution >= 0.6 is 15.9 Å². The number of unbranched alkanes of at least 4 members (excludes halogenated alkanes) is 45. The van der Waals surface area contributed by atoms with E-state index in [0.717, 1.165) is 20.7 Å². The molecule has 614 valence electrons. The van der Waals surface area contributed by atoms with Gasteiger partial charge in [0, 0.05) is 62.6 Å². The van der Waals surface area contributed by atoms with Crippen molar-refractivity contribution in [2.24, 2.45) is 0 Å². The van der Waals surface area contributed by atoms with E-state index in [9.17, 15) is 43.9 Å². The quantitative estimate of drug-likeness (QED) is 0.0224. The van der Waals surface area contributed by atoms with Gasteiger partial charge in [0.2, 0.25) is 0 Å². The molecule has 16 nitrogen and oxygen atoms in total. The molecule has 3 rings (SSSR count). The number of hydrogen-bond acceptors (Lipinski definition) is 12. The van der Waals surface area contributed by atoms with Crippen LogP contribution in [0.1, 0.15) is 396 Å². The van der Waals surface area contributed by atoms with Gasteiger partial charge in [-0.15, -0.1) is 0 Å². The molecule has 3 saturated heterocycles. The largest absolute Gasteiger partial charge is 1.00 e. The van der Waals surface area contributed by atoms with E-state index in [0.29, 0.717) is 45.1 Å². The number of quaternary nitrogens is 2. The second-order valence-corrected chi connectivity index (χ2v) is 36.9. The second-order valence-electron chi connectivity index (χ2n) is 29.0. The van der Waals surface area contributed by atoms with Gasteiger partial charge >= 0.3 is 51.4 Å². The van der Waals surface area contributed by atoms with Crippen LogP contribution in [0.5, 0.6) is 0 Å². The average molecular weight is 1680 g/mol. The molecule has 0 amide bonds. The predicted molar refractivity (Wildman–Crippen MR) is 438 cm³/mol. The Morgan fingerprint density at radius 1 is 0.317 bits per heavy atom. The van der Waals surface area contributed by atoms with Crippen molar-refractivity contribution in [2.45, 2.75) is 396 Å². The fourth-order valence-corrected chi connectivity index (χ4v) is 17.5. The Hall–Kier alpha value is 2.08. The van der Waals surface area contributed by atoms with Crippen LogP contribution in [0.15, 0.2) is 0 Å². The summed E-state index contributed by atoms with van der Waals surface area (Å²) in [4.78, 5) is 2.66. The Morgan fingerprint density at radius 2 is 0.505 bits per heavy atom. The van der Waals surface area contributed by atoms with Crippen LogP contribution < -0.4 is 68.4 Å². The van der Waals surface area contributed by atoms with Crippen molar-refractivity contribution in [1.29, 1.82) is 0 Å². The van der Waals surface area contributed by atoms with Gasteiger partial charge in [-0.2, -0.15) is 0 Å². The fourth-order valence-electron chi connectivity index (χ4n) is 13.3. The first-order chi connectivity index (χ1) is 45.9. The molecule has 0 unspecified atom stereocenters. The van der Waals surface area contributed by atoms with Gasteiger partial charge in [-0.05, 0) is 71.0 Å². The Balaban J connectivity index is -0.000000181. The Bertz CT molecular complexity index is 1900. The van der Waals surface area contributed by atoms with E-state index >= 15 is 0 Å². The summed E-state index contributed by atoms with van der Waals surface area (Å²) in [6.07, 6.45) is 81.3. The number of nitrogens with zero attached hydrogens (tertiary/aromatic N) is 5. The maximum atomic E-state index is 10.1. The zero-order chi connectivity index (χ0) is 72.1. The molecule has 3 aliphatic heterocycles. The maximum absolute atomic E-state index is 10.1. The smallest absolute Gasteiger partial charge is 1.00 e. The van der Waals surface area contributed by atoms with Crippen molar-refractivity contribution in [3.8, 4) is 0 Å². The molecule has 101 heavy (non-hydrogen) atoms. The van der Waals surface area contributed by atoms with Crippen LogP contribution in [0.2, 0.25) is 0 Å². The van der Waals surface area contributed by atoms with Gasteiger partial charge in [0.15, 0.2) is 13.5 Å². The normalized spacial score (nSPS) is 14.6. The molecule has 3 heterocycles. The van der Waals surface area contributed by atoms with Gasteiger partial charge in [-0.3, -0.25) is 0 Å². The summed E-state index contributed by atoms with van der Waals surface area (Å²) < 4.78 is 87.8. The number of likely N-dealkylation sites (tertiary alicyclic amines) is 3. The van der Waals surface area contributed by atoms with E-state index in [2.05, 4.69) is 49.9 Å². The van der Waals surface area contributed by atoms with E-state index in [1.807, 2.05) is 0 Å². The summed E-state index contributed by atoms with van der Waals surface area (Å²) in [6, 6.07) is 0. The van der Waals surface area contributed by atoms with Gasteiger partial charge in [0.25, 0.3) is 0 Å². The Labute approximate surface area is 693 Å². The van der Waals surface area contributed by atoms with Gasteiger partial charge in [-0.1, -0.05) is 335 Å². The summed E-state index contributed by atoms with van der Waals surface area (Å²) in [7, 11) is -15.0. The van der Waals surface area contributed by atoms with E-state index in [1.165, 1.54) is 406 Å². The topological polar surface area (TPSA) is 229 Å². The third-order valence-electron chi connectivity index (χ3n) is 19.0. The monoisotopic (exact) mass is 1680 g/mol. The third kappa shape index (κ3) is 96.2. The number of alkyl halides is 1.